The minimum absolute atomic E-state index is 0.104. The smallest absolute Gasteiger partial charge is 0.337 e. The Hall–Kier alpha value is -3.79. The molecule has 2 aromatic carbocycles. The number of rotatable bonds is 6. The Morgan fingerprint density at radius 1 is 1.14 bits per heavy atom. The van der Waals surface area contributed by atoms with Gasteiger partial charge < -0.3 is 14.2 Å². The molecule has 0 aliphatic rings. The van der Waals surface area contributed by atoms with Gasteiger partial charge in [0, 0.05) is 0 Å². The third-order valence-electron chi connectivity index (χ3n) is 4.22. The van der Waals surface area contributed by atoms with Crippen molar-refractivity contribution in [1.82, 2.24) is 9.78 Å². The van der Waals surface area contributed by atoms with E-state index in [0.29, 0.717) is 34.0 Å². The van der Waals surface area contributed by atoms with Gasteiger partial charge in [-0.05, 0) is 37.3 Å². The lowest BCUT2D eigenvalue weighted by Crippen LogP contribution is -2.08. The van der Waals surface area contributed by atoms with E-state index in [1.54, 1.807) is 29.8 Å². The zero-order valence-electron chi connectivity index (χ0n) is 15.8. The lowest BCUT2D eigenvalue weighted by Gasteiger charge is -2.13. The van der Waals surface area contributed by atoms with Crippen LogP contribution in [0.25, 0.3) is 5.69 Å². The summed E-state index contributed by atoms with van der Waals surface area (Å²) in [6.45, 7) is 1.89. The number of nitrogens with zero attached hydrogens (tertiary/aromatic N) is 3. The number of esters is 1. The van der Waals surface area contributed by atoms with E-state index in [-0.39, 0.29) is 6.61 Å². The molecular weight excluding hydrogens is 358 g/mol. The predicted octanol–water partition coefficient (Wildman–Crippen LogP) is 3.43. The molecule has 0 saturated heterocycles. The van der Waals surface area contributed by atoms with Crippen molar-refractivity contribution in [2.24, 2.45) is 0 Å². The van der Waals surface area contributed by atoms with Gasteiger partial charge in [-0.3, -0.25) is 0 Å². The van der Waals surface area contributed by atoms with E-state index < -0.39 is 5.97 Å². The first-order chi connectivity index (χ1) is 13.6. The van der Waals surface area contributed by atoms with Crippen LogP contribution in [0.5, 0.6) is 11.5 Å². The van der Waals surface area contributed by atoms with Crippen LogP contribution in [0.1, 0.15) is 27.3 Å². The molecule has 0 saturated carbocycles. The number of aromatic nitrogens is 2. The molecule has 0 spiro atoms. The first-order valence-electron chi connectivity index (χ1n) is 8.52. The van der Waals surface area contributed by atoms with Crippen LogP contribution in [0.4, 0.5) is 0 Å². The van der Waals surface area contributed by atoms with Gasteiger partial charge in [0.1, 0.15) is 18.2 Å². The Labute approximate surface area is 162 Å². The maximum atomic E-state index is 11.7. The third kappa shape index (κ3) is 3.67. The van der Waals surface area contributed by atoms with E-state index in [4.69, 9.17) is 14.2 Å². The van der Waals surface area contributed by atoms with E-state index in [9.17, 15) is 10.1 Å². The van der Waals surface area contributed by atoms with Crippen LogP contribution in [-0.2, 0) is 11.3 Å². The maximum Gasteiger partial charge on any atom is 0.337 e. The Bertz CT molecular complexity index is 1040. The number of nitriles is 1. The van der Waals surface area contributed by atoms with Crippen LogP contribution in [0.2, 0.25) is 0 Å². The minimum Gasteiger partial charge on any atom is -0.493 e. The summed E-state index contributed by atoms with van der Waals surface area (Å²) in [6, 6.07) is 16.5. The molecule has 0 aliphatic carbocycles. The van der Waals surface area contributed by atoms with Gasteiger partial charge in [0.25, 0.3) is 0 Å². The molecule has 28 heavy (non-hydrogen) atoms. The molecule has 0 fully saturated rings. The molecule has 142 valence electrons. The van der Waals surface area contributed by atoms with Gasteiger partial charge in [0.2, 0.25) is 0 Å². The lowest BCUT2D eigenvalue weighted by molar-refractivity contribution is 0.0600. The number of aryl methyl sites for hydroxylation is 1. The molecular formula is C21H19N3O4. The van der Waals surface area contributed by atoms with E-state index in [1.807, 2.05) is 30.3 Å². The molecule has 0 atom stereocenters. The van der Waals surface area contributed by atoms with E-state index in [2.05, 4.69) is 11.2 Å². The number of benzene rings is 2. The van der Waals surface area contributed by atoms with Crippen LogP contribution in [0, 0.1) is 18.3 Å². The fourth-order valence-corrected chi connectivity index (χ4v) is 2.81. The maximum absolute atomic E-state index is 11.7. The number of para-hydroxylation sites is 1. The molecule has 7 heteroatoms. The van der Waals surface area contributed by atoms with Gasteiger partial charge in [-0.1, -0.05) is 18.2 Å². The van der Waals surface area contributed by atoms with Crippen molar-refractivity contribution in [3.8, 4) is 23.3 Å². The second kappa shape index (κ2) is 8.27. The highest BCUT2D eigenvalue weighted by atomic mass is 16.5. The zero-order valence-corrected chi connectivity index (χ0v) is 15.8. The topological polar surface area (TPSA) is 86.4 Å². The average Bonchev–Trinajstić information content (AvgIpc) is 3.07. The third-order valence-corrected chi connectivity index (χ3v) is 4.22. The van der Waals surface area contributed by atoms with Crippen LogP contribution >= 0.6 is 0 Å². The quantitative estimate of drug-likeness (QED) is 0.612. The molecule has 0 bridgehead atoms. The van der Waals surface area contributed by atoms with Gasteiger partial charge in [-0.15, -0.1) is 0 Å². The second-order valence-electron chi connectivity index (χ2n) is 5.91. The summed E-state index contributed by atoms with van der Waals surface area (Å²) in [7, 11) is 2.80. The molecule has 7 nitrogen and oxygen atoms in total. The van der Waals surface area contributed by atoms with Crippen molar-refractivity contribution in [1.29, 1.82) is 5.26 Å². The van der Waals surface area contributed by atoms with Crippen LogP contribution in [-0.4, -0.2) is 30.0 Å². The largest absolute Gasteiger partial charge is 0.493 e. The molecule has 1 aromatic heterocycles. The first-order valence-corrected chi connectivity index (χ1v) is 8.52. The second-order valence-corrected chi connectivity index (χ2v) is 5.91. The molecule has 0 aliphatic heterocycles. The fraction of sp³-hybridized carbons (Fsp3) is 0.190. The molecule has 0 unspecified atom stereocenters. The predicted molar refractivity (Wildman–Crippen MR) is 102 cm³/mol. The standard InChI is InChI=1S/C21H19N3O4/c1-14-17(12-22)18(24(23-14)16-7-5-4-6-8-16)13-28-19-10-9-15(21(25)27-3)11-20(19)26-2/h4-11H,13H2,1-3H3. The van der Waals surface area contributed by atoms with Gasteiger partial charge >= 0.3 is 5.97 Å². The summed E-state index contributed by atoms with van der Waals surface area (Å²) >= 11 is 0. The monoisotopic (exact) mass is 377 g/mol. The van der Waals surface area contributed by atoms with Crippen LogP contribution < -0.4 is 9.47 Å². The minimum atomic E-state index is -0.464. The van der Waals surface area contributed by atoms with Crippen molar-refractivity contribution in [2.75, 3.05) is 14.2 Å². The zero-order chi connectivity index (χ0) is 20.1. The molecule has 1 heterocycles. The summed E-state index contributed by atoms with van der Waals surface area (Å²) in [4.78, 5) is 11.7. The van der Waals surface area contributed by atoms with Gasteiger partial charge in [0.15, 0.2) is 11.5 Å². The Balaban J connectivity index is 1.93. The van der Waals surface area contributed by atoms with Crippen molar-refractivity contribution < 1.29 is 19.0 Å². The summed E-state index contributed by atoms with van der Waals surface area (Å²) in [5, 5.41) is 14.0. The van der Waals surface area contributed by atoms with Gasteiger partial charge in [-0.25, -0.2) is 9.48 Å². The SMILES string of the molecule is COC(=O)c1ccc(OCc2c(C#N)c(C)nn2-c2ccccc2)c(OC)c1. The molecule has 0 N–H and O–H groups in total. The summed E-state index contributed by atoms with van der Waals surface area (Å²) in [5.74, 6) is 0.371. The molecule has 0 amide bonds. The van der Waals surface area contributed by atoms with Crippen LogP contribution in [0.3, 0.4) is 0 Å². The van der Waals surface area contributed by atoms with Crippen molar-refractivity contribution in [2.45, 2.75) is 13.5 Å². The van der Waals surface area contributed by atoms with E-state index in [0.717, 1.165) is 5.69 Å². The van der Waals surface area contributed by atoms with Crippen molar-refractivity contribution in [3.63, 3.8) is 0 Å². The number of ether oxygens (including phenoxy) is 3. The summed E-state index contributed by atoms with van der Waals surface area (Å²) in [5.41, 5.74) is 2.91. The highest BCUT2D eigenvalue weighted by Gasteiger charge is 2.18. The Kier molecular flexibility index (Phi) is 5.61. The van der Waals surface area contributed by atoms with Crippen molar-refractivity contribution >= 4 is 5.97 Å². The Morgan fingerprint density at radius 2 is 1.89 bits per heavy atom. The number of hydrogen-bond acceptors (Lipinski definition) is 6. The average molecular weight is 377 g/mol. The van der Waals surface area contributed by atoms with Crippen molar-refractivity contribution in [3.05, 3.63) is 71.0 Å². The fourth-order valence-electron chi connectivity index (χ4n) is 2.81. The van der Waals surface area contributed by atoms with Gasteiger partial charge in [-0.2, -0.15) is 10.4 Å². The lowest BCUT2D eigenvalue weighted by atomic mass is 10.2. The summed E-state index contributed by atoms with van der Waals surface area (Å²) in [6.07, 6.45) is 0. The number of hydrogen-bond donors (Lipinski definition) is 0. The van der Waals surface area contributed by atoms with E-state index in [1.165, 1.54) is 14.2 Å². The van der Waals surface area contributed by atoms with Gasteiger partial charge in [0.05, 0.1) is 36.9 Å². The molecule has 0 radical (unpaired) electrons. The molecule has 3 rings (SSSR count). The number of methoxy groups -OCH3 is 2. The molecule has 3 aromatic rings. The first kappa shape index (κ1) is 19.0. The Morgan fingerprint density at radius 3 is 2.54 bits per heavy atom. The summed E-state index contributed by atoms with van der Waals surface area (Å²) < 4.78 is 17.7. The van der Waals surface area contributed by atoms with E-state index >= 15 is 0 Å². The highest BCUT2D eigenvalue weighted by molar-refractivity contribution is 5.90. The number of carbonyl (C=O) groups excluding carboxylic acids is 1. The number of carbonyl (C=O) groups is 1. The van der Waals surface area contributed by atoms with Crippen LogP contribution in [0.15, 0.2) is 48.5 Å². The normalized spacial score (nSPS) is 10.2. The highest BCUT2D eigenvalue weighted by Crippen LogP contribution is 2.30.